The van der Waals surface area contributed by atoms with E-state index in [0.29, 0.717) is 5.89 Å². The van der Waals surface area contributed by atoms with Gasteiger partial charge in [0.1, 0.15) is 0 Å². The number of hydrogen-bond donors (Lipinski definition) is 1. The van der Waals surface area contributed by atoms with E-state index < -0.39 is 0 Å². The van der Waals surface area contributed by atoms with Crippen LogP contribution in [0.25, 0.3) is 0 Å². The van der Waals surface area contributed by atoms with Crippen molar-refractivity contribution in [3.63, 3.8) is 0 Å². The highest BCUT2D eigenvalue weighted by molar-refractivity contribution is 5.78. The van der Waals surface area contributed by atoms with Crippen molar-refractivity contribution in [2.75, 3.05) is 20.1 Å². The second kappa shape index (κ2) is 6.13. The monoisotopic (exact) mass is 294 g/mol. The van der Waals surface area contributed by atoms with Crippen LogP contribution in [-0.2, 0) is 10.2 Å². The molecule has 2 rings (SSSR count). The maximum absolute atomic E-state index is 11.7. The Morgan fingerprint density at radius 2 is 2.00 bits per heavy atom. The summed E-state index contributed by atoms with van der Waals surface area (Å²) in [7, 11) is 1.70. The summed E-state index contributed by atoms with van der Waals surface area (Å²) in [6, 6.07) is 0.0965. The van der Waals surface area contributed by atoms with Crippen molar-refractivity contribution >= 4 is 5.91 Å². The van der Waals surface area contributed by atoms with E-state index in [1.165, 1.54) is 0 Å². The number of nitrogens with zero attached hydrogens (tertiary/aromatic N) is 3. The van der Waals surface area contributed by atoms with Crippen LogP contribution in [0.5, 0.6) is 0 Å². The molecule has 2 heterocycles. The fourth-order valence-corrected chi connectivity index (χ4v) is 2.62. The fraction of sp³-hybridized carbons (Fsp3) is 0.800. The van der Waals surface area contributed by atoms with Crippen LogP contribution in [-0.4, -0.2) is 41.1 Å². The van der Waals surface area contributed by atoms with Crippen LogP contribution in [0.4, 0.5) is 0 Å². The second-order valence-electron chi connectivity index (χ2n) is 6.81. The topological polar surface area (TPSA) is 71.3 Å². The minimum atomic E-state index is -0.103. The van der Waals surface area contributed by atoms with E-state index in [9.17, 15) is 4.79 Å². The van der Waals surface area contributed by atoms with Crippen LogP contribution < -0.4 is 5.32 Å². The molecule has 1 aromatic rings. The van der Waals surface area contributed by atoms with Gasteiger partial charge in [-0.2, -0.15) is 4.98 Å². The van der Waals surface area contributed by atoms with Crippen LogP contribution in [0.2, 0.25) is 0 Å². The molecule has 1 fully saturated rings. The summed E-state index contributed by atoms with van der Waals surface area (Å²) < 4.78 is 5.42. The Morgan fingerprint density at radius 1 is 1.38 bits per heavy atom. The summed E-state index contributed by atoms with van der Waals surface area (Å²) in [4.78, 5) is 18.5. The molecular weight excluding hydrogens is 268 g/mol. The Balaban J connectivity index is 1.97. The molecule has 0 spiro atoms. The van der Waals surface area contributed by atoms with Crippen molar-refractivity contribution in [2.24, 2.45) is 5.92 Å². The predicted molar refractivity (Wildman–Crippen MR) is 79.8 cm³/mol. The van der Waals surface area contributed by atoms with Crippen LogP contribution in [0.15, 0.2) is 4.52 Å². The molecule has 0 unspecified atom stereocenters. The quantitative estimate of drug-likeness (QED) is 0.921. The van der Waals surface area contributed by atoms with Crippen molar-refractivity contribution < 1.29 is 9.32 Å². The molecule has 1 N–H and O–H groups in total. The molecule has 1 aliphatic heterocycles. The lowest BCUT2D eigenvalue weighted by molar-refractivity contribution is -0.126. The number of rotatable bonds is 3. The standard InChI is InChI=1S/C15H26N4O2/c1-10(13-17-14(18-21-13)15(2,3)4)19-8-6-11(7-9-19)12(20)16-5/h10-11H,6-9H2,1-5H3,(H,16,20)/t10-/m1/s1. The van der Waals surface area contributed by atoms with E-state index in [2.05, 4.69) is 48.1 Å². The van der Waals surface area contributed by atoms with Gasteiger partial charge in [-0.25, -0.2) is 0 Å². The summed E-state index contributed by atoms with van der Waals surface area (Å²) in [5.74, 6) is 1.68. The molecule has 118 valence electrons. The predicted octanol–water partition coefficient (Wildman–Crippen LogP) is 1.89. The molecule has 1 atom stereocenters. The van der Waals surface area contributed by atoms with Gasteiger partial charge in [0.05, 0.1) is 6.04 Å². The van der Waals surface area contributed by atoms with Gasteiger partial charge in [0.25, 0.3) is 0 Å². The number of aromatic nitrogens is 2. The molecule has 1 aliphatic rings. The molecule has 1 saturated heterocycles. The van der Waals surface area contributed by atoms with Gasteiger partial charge < -0.3 is 9.84 Å². The first-order chi connectivity index (χ1) is 9.82. The Hall–Kier alpha value is -1.43. The smallest absolute Gasteiger partial charge is 0.243 e. The van der Waals surface area contributed by atoms with Crippen molar-refractivity contribution in [3.8, 4) is 0 Å². The number of carbonyl (C=O) groups is 1. The molecular formula is C15H26N4O2. The molecule has 6 nitrogen and oxygen atoms in total. The van der Waals surface area contributed by atoms with E-state index in [1.807, 2.05) is 0 Å². The van der Waals surface area contributed by atoms with Gasteiger partial charge in [0.2, 0.25) is 11.8 Å². The van der Waals surface area contributed by atoms with Gasteiger partial charge in [-0.3, -0.25) is 9.69 Å². The maximum atomic E-state index is 11.7. The van der Waals surface area contributed by atoms with Gasteiger partial charge in [-0.1, -0.05) is 25.9 Å². The molecule has 1 aromatic heterocycles. The molecule has 0 aromatic carbocycles. The average Bonchev–Trinajstić information content (AvgIpc) is 2.95. The summed E-state index contributed by atoms with van der Waals surface area (Å²) in [5, 5.41) is 6.81. The zero-order chi connectivity index (χ0) is 15.6. The number of hydrogen-bond acceptors (Lipinski definition) is 5. The highest BCUT2D eigenvalue weighted by Gasteiger charge is 2.30. The van der Waals surface area contributed by atoms with Crippen LogP contribution in [0.1, 0.15) is 58.3 Å². The number of amides is 1. The largest absolute Gasteiger partial charge is 0.359 e. The first-order valence-corrected chi connectivity index (χ1v) is 7.62. The molecule has 1 amide bonds. The van der Waals surface area contributed by atoms with Crippen LogP contribution in [0, 0.1) is 5.92 Å². The zero-order valence-corrected chi connectivity index (χ0v) is 13.6. The normalized spacial score (nSPS) is 19.5. The molecule has 21 heavy (non-hydrogen) atoms. The Bertz CT molecular complexity index is 484. The van der Waals surface area contributed by atoms with Crippen LogP contribution >= 0.6 is 0 Å². The van der Waals surface area contributed by atoms with Crippen LogP contribution in [0.3, 0.4) is 0 Å². The molecule has 0 bridgehead atoms. The van der Waals surface area contributed by atoms with E-state index in [4.69, 9.17) is 4.52 Å². The van der Waals surface area contributed by atoms with Gasteiger partial charge in [-0.05, 0) is 32.9 Å². The third-order valence-corrected chi connectivity index (χ3v) is 4.16. The van der Waals surface area contributed by atoms with Gasteiger partial charge >= 0.3 is 0 Å². The molecule has 0 aliphatic carbocycles. The van der Waals surface area contributed by atoms with Crippen molar-refractivity contribution in [2.45, 2.75) is 52.0 Å². The van der Waals surface area contributed by atoms with E-state index in [0.717, 1.165) is 31.8 Å². The lowest BCUT2D eigenvalue weighted by Crippen LogP contribution is -2.40. The SMILES string of the molecule is CNC(=O)C1CCN([C@H](C)c2nc(C(C)(C)C)no2)CC1. The van der Waals surface area contributed by atoms with E-state index in [-0.39, 0.29) is 23.3 Å². The Morgan fingerprint density at radius 3 is 2.48 bits per heavy atom. The molecule has 0 saturated carbocycles. The maximum Gasteiger partial charge on any atom is 0.243 e. The first-order valence-electron chi connectivity index (χ1n) is 7.62. The summed E-state index contributed by atoms with van der Waals surface area (Å²) >= 11 is 0. The highest BCUT2D eigenvalue weighted by Crippen LogP contribution is 2.27. The minimum Gasteiger partial charge on any atom is -0.359 e. The summed E-state index contributed by atoms with van der Waals surface area (Å²) in [5.41, 5.74) is -0.103. The third-order valence-electron chi connectivity index (χ3n) is 4.16. The minimum absolute atomic E-state index is 0.0965. The second-order valence-corrected chi connectivity index (χ2v) is 6.81. The Labute approximate surface area is 126 Å². The highest BCUT2D eigenvalue weighted by atomic mass is 16.5. The number of piperidine rings is 1. The average molecular weight is 294 g/mol. The van der Waals surface area contributed by atoms with Crippen molar-refractivity contribution in [3.05, 3.63) is 11.7 Å². The fourth-order valence-electron chi connectivity index (χ4n) is 2.62. The zero-order valence-electron chi connectivity index (χ0n) is 13.6. The van der Waals surface area contributed by atoms with Gasteiger partial charge in [-0.15, -0.1) is 0 Å². The van der Waals surface area contributed by atoms with E-state index in [1.54, 1.807) is 7.05 Å². The summed E-state index contributed by atoms with van der Waals surface area (Å²) in [6.07, 6.45) is 1.76. The Kier molecular flexibility index (Phi) is 4.66. The number of carbonyl (C=O) groups excluding carboxylic acids is 1. The lowest BCUT2D eigenvalue weighted by Gasteiger charge is -2.33. The molecule has 0 radical (unpaired) electrons. The van der Waals surface area contributed by atoms with Gasteiger partial charge in [0, 0.05) is 18.4 Å². The lowest BCUT2D eigenvalue weighted by atomic mass is 9.95. The number of likely N-dealkylation sites (tertiary alicyclic amines) is 1. The number of nitrogens with one attached hydrogen (secondary N) is 1. The summed E-state index contributed by atoms with van der Waals surface area (Å²) in [6.45, 7) is 10.1. The molecule has 6 heteroatoms. The van der Waals surface area contributed by atoms with Gasteiger partial charge in [0.15, 0.2) is 5.82 Å². The third kappa shape index (κ3) is 3.61. The first kappa shape index (κ1) is 15.9. The van der Waals surface area contributed by atoms with Crippen molar-refractivity contribution in [1.82, 2.24) is 20.4 Å². The van der Waals surface area contributed by atoms with Crippen molar-refractivity contribution in [1.29, 1.82) is 0 Å². The van der Waals surface area contributed by atoms with E-state index >= 15 is 0 Å².